The zero-order valence-electron chi connectivity index (χ0n) is 13.7. The van der Waals surface area contributed by atoms with Gasteiger partial charge >= 0.3 is 0 Å². The number of nitrogens with zero attached hydrogens (tertiary/aromatic N) is 2. The predicted octanol–water partition coefficient (Wildman–Crippen LogP) is 4.40. The van der Waals surface area contributed by atoms with Crippen molar-refractivity contribution in [2.45, 2.75) is 23.9 Å². The van der Waals surface area contributed by atoms with Gasteiger partial charge in [0, 0.05) is 28.2 Å². The molecule has 128 valence electrons. The molecule has 0 saturated heterocycles. The summed E-state index contributed by atoms with van der Waals surface area (Å²) in [6, 6.07) is 17.5. The summed E-state index contributed by atoms with van der Waals surface area (Å²) in [6.45, 7) is 1.76. The Bertz CT molecular complexity index is 823. The van der Waals surface area contributed by atoms with Gasteiger partial charge in [-0.3, -0.25) is 4.72 Å². The number of fused-ring (bicyclic) bond motifs is 1. The molecule has 4 rings (SSSR count). The summed E-state index contributed by atoms with van der Waals surface area (Å²) < 4.78 is 4.75. The Balaban J connectivity index is 1.60. The highest BCUT2D eigenvalue weighted by Gasteiger charge is 2.23. The van der Waals surface area contributed by atoms with E-state index >= 15 is 0 Å². The average molecular weight is 415 g/mol. The molecule has 0 radical (unpaired) electrons. The molecule has 0 bridgehead atoms. The van der Waals surface area contributed by atoms with Crippen LogP contribution < -0.4 is 9.62 Å². The second kappa shape index (κ2) is 7.64. The lowest BCUT2D eigenvalue weighted by Gasteiger charge is -2.27. The van der Waals surface area contributed by atoms with Crippen LogP contribution in [0.15, 0.2) is 70.4 Å². The molecule has 6 heteroatoms. The van der Waals surface area contributed by atoms with Gasteiger partial charge in [-0.1, -0.05) is 46.3 Å². The minimum atomic E-state index is 0.362. The number of imidazole rings is 1. The monoisotopic (exact) mass is 414 g/mol. The Morgan fingerprint density at radius 1 is 1.20 bits per heavy atom. The van der Waals surface area contributed by atoms with E-state index in [1.54, 1.807) is 18.3 Å². The van der Waals surface area contributed by atoms with E-state index in [0.717, 1.165) is 29.7 Å². The van der Waals surface area contributed by atoms with E-state index in [4.69, 9.17) is 0 Å². The van der Waals surface area contributed by atoms with Crippen LogP contribution in [-0.2, 0) is 13.0 Å². The molecule has 1 atom stereocenters. The fourth-order valence-electron chi connectivity index (χ4n) is 3.11. The van der Waals surface area contributed by atoms with Crippen molar-refractivity contribution in [2.24, 2.45) is 0 Å². The Morgan fingerprint density at radius 3 is 2.88 bits per heavy atom. The van der Waals surface area contributed by atoms with Crippen molar-refractivity contribution in [3.05, 3.63) is 76.8 Å². The van der Waals surface area contributed by atoms with Gasteiger partial charge in [0.05, 0.1) is 24.3 Å². The fraction of sp³-hybridized carbons (Fsp3) is 0.211. The van der Waals surface area contributed by atoms with Crippen molar-refractivity contribution in [2.75, 3.05) is 11.4 Å². The molecule has 3 aromatic rings. The van der Waals surface area contributed by atoms with Gasteiger partial charge in [-0.2, -0.15) is 0 Å². The highest BCUT2D eigenvalue weighted by Crippen LogP contribution is 2.35. The molecule has 0 amide bonds. The summed E-state index contributed by atoms with van der Waals surface area (Å²) in [7, 11) is 0. The summed E-state index contributed by atoms with van der Waals surface area (Å²) in [6.07, 6.45) is 4.64. The standard InChI is InChI=1S/C19H19BrN4S/c20-15-6-7-18-19(9-15)25-23-16(8-14-4-2-1-3-5-14)11-24(18)12-17-10-21-13-22-17/h1-7,9-10,13,16,23H,8,11-12H2,(H,21,22). The Labute approximate surface area is 160 Å². The van der Waals surface area contributed by atoms with Crippen LogP contribution in [0.2, 0.25) is 0 Å². The zero-order chi connectivity index (χ0) is 17.1. The van der Waals surface area contributed by atoms with Crippen molar-refractivity contribution >= 4 is 33.6 Å². The summed E-state index contributed by atoms with van der Waals surface area (Å²) in [5.41, 5.74) is 3.74. The number of hydrogen-bond acceptors (Lipinski definition) is 4. The first kappa shape index (κ1) is 16.7. The third-order valence-electron chi connectivity index (χ3n) is 4.28. The Kier molecular flexibility index (Phi) is 5.10. The van der Waals surface area contributed by atoms with E-state index in [0.29, 0.717) is 6.04 Å². The molecule has 2 aromatic carbocycles. The lowest BCUT2D eigenvalue weighted by molar-refractivity contribution is 0.599. The van der Waals surface area contributed by atoms with Crippen LogP contribution >= 0.6 is 27.9 Å². The molecule has 1 aliphatic rings. The Morgan fingerprint density at radius 2 is 2.08 bits per heavy atom. The largest absolute Gasteiger partial charge is 0.363 e. The number of nitrogens with one attached hydrogen (secondary N) is 2. The third-order valence-corrected chi connectivity index (χ3v) is 5.77. The van der Waals surface area contributed by atoms with Crippen molar-refractivity contribution in [3.63, 3.8) is 0 Å². The molecule has 1 aliphatic heterocycles. The van der Waals surface area contributed by atoms with Gasteiger partial charge in [0.15, 0.2) is 0 Å². The van der Waals surface area contributed by atoms with Gasteiger partial charge < -0.3 is 9.88 Å². The van der Waals surface area contributed by atoms with Crippen LogP contribution in [0.3, 0.4) is 0 Å². The quantitative estimate of drug-likeness (QED) is 0.620. The minimum absolute atomic E-state index is 0.362. The maximum absolute atomic E-state index is 4.16. The molecule has 0 fully saturated rings. The lowest BCUT2D eigenvalue weighted by Crippen LogP contribution is -2.38. The number of hydrogen-bond donors (Lipinski definition) is 2. The van der Waals surface area contributed by atoms with E-state index in [2.05, 4.69) is 84.1 Å². The molecular formula is C19H19BrN4S. The van der Waals surface area contributed by atoms with E-state index in [9.17, 15) is 0 Å². The third kappa shape index (κ3) is 4.08. The number of aromatic nitrogens is 2. The molecular weight excluding hydrogens is 396 g/mol. The molecule has 4 nitrogen and oxygen atoms in total. The number of benzene rings is 2. The van der Waals surface area contributed by atoms with Crippen LogP contribution in [0, 0.1) is 0 Å². The summed E-state index contributed by atoms with van der Waals surface area (Å²) >= 11 is 5.31. The average Bonchev–Trinajstić information content (AvgIpc) is 3.07. The van der Waals surface area contributed by atoms with Crippen molar-refractivity contribution in [1.29, 1.82) is 0 Å². The molecule has 1 unspecified atom stereocenters. The number of aromatic amines is 1. The summed E-state index contributed by atoms with van der Waals surface area (Å²) in [4.78, 5) is 11.0. The highest BCUT2D eigenvalue weighted by atomic mass is 79.9. The van der Waals surface area contributed by atoms with Crippen LogP contribution in [0.5, 0.6) is 0 Å². The number of rotatable bonds is 4. The van der Waals surface area contributed by atoms with Crippen molar-refractivity contribution < 1.29 is 0 Å². The topological polar surface area (TPSA) is 44.0 Å². The van der Waals surface area contributed by atoms with E-state index in [-0.39, 0.29) is 0 Å². The molecule has 2 N–H and O–H groups in total. The van der Waals surface area contributed by atoms with Crippen LogP contribution in [0.4, 0.5) is 5.69 Å². The van der Waals surface area contributed by atoms with Crippen molar-refractivity contribution in [3.8, 4) is 0 Å². The maximum Gasteiger partial charge on any atom is 0.0922 e. The predicted molar refractivity (Wildman–Crippen MR) is 107 cm³/mol. The number of halogens is 1. The van der Waals surface area contributed by atoms with Gasteiger partial charge in [-0.25, -0.2) is 4.98 Å². The highest BCUT2D eigenvalue weighted by molar-refractivity contribution is 9.10. The SMILES string of the molecule is Brc1ccc2c(c1)SNC(Cc1ccccc1)CN2Cc1cnc[nH]1. The first-order valence-electron chi connectivity index (χ1n) is 8.26. The van der Waals surface area contributed by atoms with Gasteiger partial charge in [-0.05, 0) is 42.1 Å². The normalized spacial score (nSPS) is 17.2. The van der Waals surface area contributed by atoms with Gasteiger partial charge in [0.1, 0.15) is 0 Å². The lowest BCUT2D eigenvalue weighted by atomic mass is 10.1. The van der Waals surface area contributed by atoms with Crippen LogP contribution in [-0.4, -0.2) is 22.6 Å². The van der Waals surface area contributed by atoms with Crippen LogP contribution in [0.1, 0.15) is 11.3 Å². The van der Waals surface area contributed by atoms with Gasteiger partial charge in [0.2, 0.25) is 0 Å². The minimum Gasteiger partial charge on any atom is -0.363 e. The summed E-state index contributed by atoms with van der Waals surface area (Å²) in [5.74, 6) is 0. The Hall–Kier alpha value is -1.76. The van der Waals surface area contributed by atoms with Gasteiger partial charge in [0.25, 0.3) is 0 Å². The van der Waals surface area contributed by atoms with E-state index in [1.165, 1.54) is 16.1 Å². The molecule has 25 heavy (non-hydrogen) atoms. The smallest absolute Gasteiger partial charge is 0.0922 e. The maximum atomic E-state index is 4.16. The molecule has 0 spiro atoms. The van der Waals surface area contributed by atoms with Gasteiger partial charge in [-0.15, -0.1) is 0 Å². The molecule has 2 heterocycles. The first-order chi connectivity index (χ1) is 12.3. The van der Waals surface area contributed by atoms with E-state index in [1.807, 2.05) is 6.20 Å². The fourth-order valence-corrected chi connectivity index (χ4v) is 4.56. The molecule has 0 aliphatic carbocycles. The second-order valence-electron chi connectivity index (χ2n) is 6.18. The number of anilines is 1. The number of H-pyrrole nitrogens is 1. The van der Waals surface area contributed by atoms with E-state index < -0.39 is 0 Å². The summed E-state index contributed by atoms with van der Waals surface area (Å²) in [5, 5.41) is 0. The van der Waals surface area contributed by atoms with Crippen molar-refractivity contribution in [1.82, 2.24) is 14.7 Å². The molecule has 0 saturated carbocycles. The molecule has 1 aromatic heterocycles. The van der Waals surface area contributed by atoms with Crippen LogP contribution in [0.25, 0.3) is 0 Å². The second-order valence-corrected chi connectivity index (χ2v) is 7.97. The first-order valence-corrected chi connectivity index (χ1v) is 9.87. The zero-order valence-corrected chi connectivity index (χ0v) is 16.1.